The number of aryl methyl sites for hydroxylation is 2. The fraction of sp³-hybridized carbons (Fsp3) is 0.486. The van der Waals surface area contributed by atoms with E-state index < -0.39 is 170 Å². The Balaban J connectivity index is 0.000000755. The van der Waals surface area contributed by atoms with Crippen LogP contribution in [0.3, 0.4) is 0 Å². The highest BCUT2D eigenvalue weighted by molar-refractivity contribution is 9.10. The zero-order chi connectivity index (χ0) is 87.1. The fourth-order valence-corrected chi connectivity index (χ4v) is 9.94. The van der Waals surface area contributed by atoms with Crippen LogP contribution in [0, 0.1) is 38.3 Å². The molecule has 3 aliphatic rings. The Labute approximate surface area is 645 Å². The van der Waals surface area contributed by atoms with Crippen molar-refractivity contribution in [2.75, 3.05) is 0 Å². The molecular weight excluding hydrogens is 1600 g/mol. The first-order valence-electron chi connectivity index (χ1n) is 35.4. The maximum atomic E-state index is 15.1. The van der Waals surface area contributed by atoms with Crippen LogP contribution in [0.25, 0.3) is 20.8 Å². The van der Waals surface area contributed by atoms with Crippen molar-refractivity contribution in [1.82, 2.24) is 16.0 Å². The number of carboxylic acids is 1. The molecule has 0 heterocycles. The maximum absolute atomic E-state index is 15.1. The summed E-state index contributed by atoms with van der Waals surface area (Å²) < 4.78 is 268. The summed E-state index contributed by atoms with van der Waals surface area (Å²) in [5.41, 5.74) is -3.76. The van der Waals surface area contributed by atoms with E-state index in [0.717, 1.165) is 55.5 Å². The molecule has 3 saturated carbocycles. The molecule has 0 aromatic heterocycles. The maximum Gasteiger partial charge on any atom is 0.488 e. The molecule has 5 aromatic carbocycles. The van der Waals surface area contributed by atoms with Gasteiger partial charge in [0.25, 0.3) is 0 Å². The van der Waals surface area contributed by atoms with E-state index in [2.05, 4.69) is 64.0 Å². The first-order chi connectivity index (χ1) is 51.6. The van der Waals surface area contributed by atoms with Gasteiger partial charge in [-0.3, -0.25) is 30.3 Å². The molecule has 17 nitrogen and oxygen atoms in total. The van der Waals surface area contributed by atoms with Gasteiger partial charge in [0.2, 0.25) is 11.1 Å². The minimum atomic E-state index is -4.87. The number of ketones is 2. The first-order valence-corrected chi connectivity index (χ1v) is 33.9. The summed E-state index contributed by atoms with van der Waals surface area (Å²) >= 11 is 4.71. The number of hydrogen-bond acceptors (Lipinski definition) is 13. The zero-order valence-electron chi connectivity index (χ0n) is 65.6. The van der Waals surface area contributed by atoms with Crippen molar-refractivity contribution in [3.63, 3.8) is 0 Å². The van der Waals surface area contributed by atoms with E-state index in [1.165, 1.54) is 60.7 Å². The van der Waals surface area contributed by atoms with Crippen LogP contribution in [-0.2, 0) is 37.5 Å². The van der Waals surface area contributed by atoms with Crippen LogP contribution in [0.2, 0.25) is 0 Å². The molecule has 35 heteroatoms. The number of benzene rings is 5. The van der Waals surface area contributed by atoms with Crippen molar-refractivity contribution in [3.8, 4) is 17.2 Å². The minimum Gasteiger partial charge on any atom is -1.00 e. The van der Waals surface area contributed by atoms with Gasteiger partial charge in [0, 0.05) is 79.1 Å². The highest BCUT2D eigenvalue weighted by Gasteiger charge is 2.55. The largest absolute Gasteiger partial charge is 1.00 e. The number of nitrogens with one attached hydrogen (secondary N) is 3. The van der Waals surface area contributed by atoms with Gasteiger partial charge < -0.3 is 43.0 Å². The van der Waals surface area contributed by atoms with Crippen LogP contribution in [0.1, 0.15) is 170 Å². The van der Waals surface area contributed by atoms with E-state index in [0.29, 0.717) is 52.6 Å². The molecule has 5 aromatic rings. The number of carbonyl (C=O) groups is 3. The number of hydrogen-bond donors (Lipinski definition) is 7. The third kappa shape index (κ3) is 37.1. The van der Waals surface area contributed by atoms with Crippen molar-refractivity contribution in [2.45, 2.75) is 214 Å². The van der Waals surface area contributed by atoms with E-state index >= 15 is 4.39 Å². The van der Waals surface area contributed by atoms with Gasteiger partial charge in [-0.15, -0.1) is 0 Å². The molecule has 8 rings (SSSR count). The van der Waals surface area contributed by atoms with Gasteiger partial charge in [0.15, 0.2) is 17.1 Å². The molecule has 9 N–H and O–H groups in total. The predicted octanol–water partition coefficient (Wildman–Crippen LogP) is 11.2. The number of nitriles is 1. The predicted molar refractivity (Wildman–Crippen MR) is 375 cm³/mol. The number of quaternary nitrogens is 1. The molecule has 0 spiro atoms. The van der Waals surface area contributed by atoms with Crippen LogP contribution in [-0.4, -0.2) is 127 Å². The molecule has 576 valence electrons. The minimum absolute atomic E-state index is 0. The van der Waals surface area contributed by atoms with Crippen LogP contribution < -0.4 is 39.6 Å². The molecular formula is C70H81BBr2ClF12N7O10S2. The Kier molecular flexibility index (Phi) is 32.4. The number of halogens is 15. The smallest absolute Gasteiger partial charge is 0.488 e. The van der Waals surface area contributed by atoms with E-state index in [1.54, 1.807) is 12.1 Å². The van der Waals surface area contributed by atoms with Gasteiger partial charge in [0.1, 0.15) is 47.2 Å². The quantitative estimate of drug-likeness (QED) is 0.0172. The average molecular weight is 1690 g/mol. The summed E-state index contributed by atoms with van der Waals surface area (Å²) in [7, 11) is -1.35. The van der Waals surface area contributed by atoms with Crippen molar-refractivity contribution >= 4 is 85.1 Å². The molecule has 3 aliphatic carbocycles. The lowest BCUT2D eigenvalue weighted by Crippen LogP contribution is -3.00. The van der Waals surface area contributed by atoms with E-state index in [1.807, 2.05) is 55.6 Å². The molecule has 0 aliphatic heterocycles. The van der Waals surface area contributed by atoms with Crippen molar-refractivity contribution < 1.29 is 130 Å². The molecule has 0 amide bonds. The van der Waals surface area contributed by atoms with Crippen molar-refractivity contribution in [3.05, 3.63) is 181 Å². The second kappa shape index (κ2) is 42.1. The SMILES string of the molecule is Cc1ccc(B(O)O)cc1.N#CC1([NH3+])CC1.O=S=O.O=S=O.[2H]C([2H])([2H])C(C)(F)C[C@H](N[C@@H](c1ccc(-c2ccc(C)cc2)cc1)C(F)(F)F)C(=O)CC1([N+]#[C-])CC1.[2H]C([2H])([2H])C(C)(F)C[C@H](N[C@@H](c1ccc(Br)cc1)C(F)(F)F)C(=O)CC1([N+]#[C-])CC1.[2H]C([2H])([2H])C(C)(F)C[C@H](N[C@@H](c1ccc(Br)cc1)C(F)(F)F)C(=O)O.[Cl-]. The monoisotopic (exact) mass is 1680 g/mol. The number of nitrogens with zero attached hydrogens (tertiary/aromatic N) is 3. The second-order valence-corrected chi connectivity index (χ2v) is 27.6. The zero-order valence-corrected chi connectivity index (χ0v) is 62.2. The molecule has 0 radical (unpaired) electrons. The lowest BCUT2D eigenvalue weighted by molar-refractivity contribution is -0.417. The van der Waals surface area contributed by atoms with Crippen LogP contribution in [0.15, 0.2) is 130 Å². The van der Waals surface area contributed by atoms with Crippen LogP contribution in [0.5, 0.6) is 0 Å². The Hall–Kier alpha value is -6.75. The topological polar surface area (TPSA) is 276 Å². The second-order valence-electron chi connectivity index (χ2n) is 25.5. The van der Waals surface area contributed by atoms with Crippen LogP contribution >= 0.6 is 31.9 Å². The van der Waals surface area contributed by atoms with E-state index in [4.69, 9.17) is 62.7 Å². The summed E-state index contributed by atoms with van der Waals surface area (Å²) in [6, 6.07) is 19.8. The van der Waals surface area contributed by atoms with Gasteiger partial charge in [-0.2, -0.15) is 61.6 Å². The third-order valence-corrected chi connectivity index (χ3v) is 16.6. The van der Waals surface area contributed by atoms with E-state index in [-0.39, 0.29) is 47.5 Å². The van der Waals surface area contributed by atoms with Gasteiger partial charge in [-0.1, -0.05) is 140 Å². The van der Waals surface area contributed by atoms with Gasteiger partial charge in [-0.05, 0) is 113 Å². The highest BCUT2D eigenvalue weighted by atomic mass is 79.9. The molecule has 0 saturated heterocycles. The van der Waals surface area contributed by atoms with Gasteiger partial charge in [-0.25, -0.2) is 26.3 Å². The Bertz CT molecular complexity index is 4140. The number of carboxylic acid groups (broad SMARTS) is 1. The molecule has 0 bridgehead atoms. The number of rotatable bonds is 24. The summed E-state index contributed by atoms with van der Waals surface area (Å²) in [5, 5.41) is 40.8. The van der Waals surface area contributed by atoms with Crippen molar-refractivity contribution in [1.29, 1.82) is 5.26 Å². The fourth-order valence-electron chi connectivity index (χ4n) is 9.41. The summed E-state index contributed by atoms with van der Waals surface area (Å²) in [6.07, 6.45) is -14.7. The summed E-state index contributed by atoms with van der Waals surface area (Å²) in [6.45, 7) is 11.0. The lowest BCUT2D eigenvalue weighted by atomic mass is 9.80. The van der Waals surface area contributed by atoms with E-state index in [9.17, 15) is 62.7 Å². The summed E-state index contributed by atoms with van der Waals surface area (Å²) in [4.78, 5) is 43.8. The van der Waals surface area contributed by atoms with Gasteiger partial charge in [0.05, 0.1) is 24.9 Å². The standard InChI is InChI=1S/C26H28F4N2O.C19H21BrF4N2O.C14H16BrF4NO2.C7H9BO2.C4H6N2.ClH.2O2S/c1-17-5-7-18(8-6-17)19-9-11-20(12-10-19)23(26(28,29)30)32-21(15-24(2,3)27)22(33)16-25(31-4)13-14-25;1-17(2,21)10-14(15(27)11-18(25-3)8-9-18)26-16(19(22,23)24)12-4-6-13(20)7-5-12;1-13(2,16)7-10(12(21)22)20-11(14(17,18)19)8-3-5-9(15)6-4-8;1-6-2-4-7(5-3-6)8(9)10;5-3-4(6)1-2-4;;2*1-3-2/h5-12,21,23,32H,13-16H2,1-3H3;4-7,14,16,26H,8-11H2,1-2H3;3-6,10-11,20H,7H2,1-2H3,(H,21,22);2-5,9-10H,1H3;1-2,6H2;1H;;/t21-,23-;14-,16-;10-,11-;;;;;/m000...../s1/i2D3;2*1D3;;;;;/t21-,23-,24?;14-,16-,17?;10-,11-,13?;;;;;. The Morgan fingerprint density at radius 1 is 0.552 bits per heavy atom. The Morgan fingerprint density at radius 2 is 0.819 bits per heavy atom. The lowest BCUT2D eigenvalue weighted by Gasteiger charge is -2.30. The number of Topliss-reactive ketones (excluding diaryl/α,β-unsaturated/α-hetero) is 2. The number of aliphatic carboxylic acids is 1. The van der Waals surface area contributed by atoms with Gasteiger partial charge >= 0.3 is 54.8 Å². The first kappa shape index (κ1) is 80.8. The molecule has 3 fully saturated rings. The van der Waals surface area contributed by atoms with Crippen molar-refractivity contribution in [2.24, 2.45) is 0 Å². The molecule has 9 atom stereocenters. The van der Waals surface area contributed by atoms with Crippen LogP contribution in [0.4, 0.5) is 52.7 Å². The highest BCUT2D eigenvalue weighted by Crippen LogP contribution is 2.46. The normalized spacial score (nSPS) is 18.9. The molecule has 3 unspecified atom stereocenters. The third-order valence-electron chi connectivity index (χ3n) is 15.6. The molecule has 105 heavy (non-hydrogen) atoms. The Morgan fingerprint density at radius 3 is 1.05 bits per heavy atom. The average Bonchev–Trinajstić information content (AvgIpc) is 1.53. The number of carbonyl (C=O) groups excluding carboxylic acids is 2. The number of alkyl halides is 12. The summed E-state index contributed by atoms with van der Waals surface area (Å²) in [5.74, 6) is -3.38.